The van der Waals surface area contributed by atoms with Crippen LogP contribution in [0.15, 0.2) is 21.4 Å². The van der Waals surface area contributed by atoms with Crippen molar-refractivity contribution in [2.24, 2.45) is 0 Å². The molecule has 0 saturated carbocycles. The second-order valence-electron chi connectivity index (χ2n) is 2.59. The SMILES string of the molecule is Fc1ccc(-c2nc(Br)no2)c(F)c1F. The predicted octanol–water partition coefficient (Wildman–Crippen LogP) is 2.92. The molecule has 0 aliphatic carbocycles. The summed E-state index contributed by atoms with van der Waals surface area (Å²) in [6.07, 6.45) is 0. The second-order valence-corrected chi connectivity index (χ2v) is 3.30. The zero-order valence-electron chi connectivity index (χ0n) is 6.97. The van der Waals surface area contributed by atoms with Gasteiger partial charge in [-0.15, -0.1) is 0 Å². The van der Waals surface area contributed by atoms with Gasteiger partial charge in [-0.2, -0.15) is 4.98 Å². The van der Waals surface area contributed by atoms with E-state index in [0.29, 0.717) is 0 Å². The maximum absolute atomic E-state index is 13.2. The third kappa shape index (κ3) is 1.74. The summed E-state index contributed by atoms with van der Waals surface area (Å²) >= 11 is 2.88. The highest BCUT2D eigenvalue weighted by Gasteiger charge is 2.18. The highest BCUT2D eigenvalue weighted by molar-refractivity contribution is 9.10. The third-order valence-electron chi connectivity index (χ3n) is 1.67. The summed E-state index contributed by atoms with van der Waals surface area (Å²) in [5.41, 5.74) is -0.285. The van der Waals surface area contributed by atoms with E-state index in [1.807, 2.05) is 0 Å². The minimum absolute atomic E-state index is 0.0987. The Labute approximate surface area is 90.0 Å². The molecule has 0 radical (unpaired) electrons. The summed E-state index contributed by atoms with van der Waals surface area (Å²) in [6.45, 7) is 0. The maximum Gasteiger partial charge on any atom is 0.261 e. The average molecular weight is 279 g/mol. The van der Waals surface area contributed by atoms with Gasteiger partial charge in [-0.25, -0.2) is 13.2 Å². The molecule has 0 N–H and O–H groups in total. The molecule has 0 fully saturated rings. The molecule has 1 aromatic heterocycles. The van der Waals surface area contributed by atoms with Crippen LogP contribution in [0, 0.1) is 17.5 Å². The van der Waals surface area contributed by atoms with Crippen molar-refractivity contribution in [1.29, 1.82) is 0 Å². The van der Waals surface area contributed by atoms with Gasteiger partial charge in [0.2, 0.25) is 4.73 Å². The molecule has 2 aromatic rings. The highest BCUT2D eigenvalue weighted by atomic mass is 79.9. The molecule has 0 spiro atoms. The van der Waals surface area contributed by atoms with Crippen molar-refractivity contribution in [2.75, 3.05) is 0 Å². The van der Waals surface area contributed by atoms with E-state index in [4.69, 9.17) is 0 Å². The maximum atomic E-state index is 13.2. The van der Waals surface area contributed by atoms with Crippen LogP contribution in [-0.2, 0) is 0 Å². The number of hydrogen-bond acceptors (Lipinski definition) is 3. The minimum Gasteiger partial charge on any atom is -0.333 e. The van der Waals surface area contributed by atoms with E-state index in [1.54, 1.807) is 0 Å². The van der Waals surface area contributed by atoms with Gasteiger partial charge < -0.3 is 4.52 Å². The first kappa shape index (κ1) is 10.2. The lowest BCUT2D eigenvalue weighted by molar-refractivity contribution is 0.416. The zero-order chi connectivity index (χ0) is 11.0. The molecule has 1 aromatic carbocycles. The van der Waals surface area contributed by atoms with Gasteiger partial charge in [0.05, 0.1) is 5.56 Å². The van der Waals surface area contributed by atoms with Gasteiger partial charge in [0.15, 0.2) is 17.5 Å². The fraction of sp³-hybridized carbons (Fsp3) is 0. The van der Waals surface area contributed by atoms with Crippen LogP contribution >= 0.6 is 15.9 Å². The monoisotopic (exact) mass is 278 g/mol. The summed E-state index contributed by atoms with van der Waals surface area (Å²) < 4.78 is 43.3. The van der Waals surface area contributed by atoms with Crippen molar-refractivity contribution in [3.8, 4) is 11.5 Å². The first-order valence-corrected chi connectivity index (χ1v) is 4.52. The Morgan fingerprint density at radius 2 is 1.87 bits per heavy atom. The lowest BCUT2D eigenvalue weighted by Crippen LogP contribution is -1.93. The van der Waals surface area contributed by atoms with Gasteiger partial charge in [-0.3, -0.25) is 0 Å². The smallest absolute Gasteiger partial charge is 0.261 e. The van der Waals surface area contributed by atoms with Crippen molar-refractivity contribution in [1.82, 2.24) is 10.1 Å². The van der Waals surface area contributed by atoms with Gasteiger partial charge in [-0.1, -0.05) is 0 Å². The largest absolute Gasteiger partial charge is 0.333 e. The molecule has 0 aliphatic heterocycles. The summed E-state index contributed by atoms with van der Waals surface area (Å²) in [4.78, 5) is 3.62. The number of aromatic nitrogens is 2. The third-order valence-corrected chi connectivity index (χ3v) is 1.99. The molecule has 0 bridgehead atoms. The van der Waals surface area contributed by atoms with Crippen molar-refractivity contribution in [3.05, 3.63) is 34.3 Å². The molecule has 15 heavy (non-hydrogen) atoms. The second kappa shape index (κ2) is 3.65. The van der Waals surface area contributed by atoms with Crippen LogP contribution in [-0.4, -0.2) is 10.1 Å². The molecule has 0 saturated heterocycles. The van der Waals surface area contributed by atoms with Crippen molar-refractivity contribution >= 4 is 15.9 Å². The van der Waals surface area contributed by atoms with Crippen LogP contribution < -0.4 is 0 Å². The molecular formula is C8H2BrF3N2O. The number of halogens is 4. The zero-order valence-corrected chi connectivity index (χ0v) is 8.56. The Bertz CT molecular complexity index is 515. The Kier molecular flexibility index (Phi) is 2.47. The number of hydrogen-bond donors (Lipinski definition) is 0. The highest BCUT2D eigenvalue weighted by Crippen LogP contribution is 2.25. The van der Waals surface area contributed by atoms with Gasteiger partial charge >= 0.3 is 0 Å². The van der Waals surface area contributed by atoms with Crippen molar-refractivity contribution < 1.29 is 17.7 Å². The normalized spacial score (nSPS) is 10.7. The van der Waals surface area contributed by atoms with E-state index in [-0.39, 0.29) is 16.2 Å². The number of rotatable bonds is 1. The van der Waals surface area contributed by atoms with E-state index < -0.39 is 17.5 Å². The molecule has 2 rings (SSSR count). The van der Waals surface area contributed by atoms with E-state index in [1.165, 1.54) is 0 Å². The molecule has 0 unspecified atom stereocenters. The van der Waals surface area contributed by atoms with Crippen LogP contribution in [0.5, 0.6) is 0 Å². The Morgan fingerprint density at radius 3 is 2.47 bits per heavy atom. The fourth-order valence-corrected chi connectivity index (χ4v) is 1.24. The lowest BCUT2D eigenvalue weighted by Gasteiger charge is -1.98. The van der Waals surface area contributed by atoms with Gasteiger partial charge in [0.1, 0.15) is 0 Å². The van der Waals surface area contributed by atoms with E-state index in [2.05, 4.69) is 30.6 Å². The van der Waals surface area contributed by atoms with Gasteiger partial charge in [0, 0.05) is 0 Å². The van der Waals surface area contributed by atoms with Crippen LogP contribution in [0.2, 0.25) is 0 Å². The number of benzene rings is 1. The van der Waals surface area contributed by atoms with E-state index in [9.17, 15) is 13.2 Å². The quantitative estimate of drug-likeness (QED) is 0.753. The van der Waals surface area contributed by atoms with Crippen LogP contribution in [0.1, 0.15) is 0 Å². The first-order chi connectivity index (χ1) is 7.09. The predicted molar refractivity (Wildman–Crippen MR) is 47.3 cm³/mol. The van der Waals surface area contributed by atoms with Crippen LogP contribution in [0.3, 0.4) is 0 Å². The fourth-order valence-electron chi connectivity index (χ4n) is 1.01. The van der Waals surface area contributed by atoms with Gasteiger partial charge in [-0.05, 0) is 33.2 Å². The Morgan fingerprint density at radius 1 is 1.13 bits per heavy atom. The van der Waals surface area contributed by atoms with Crippen molar-refractivity contribution in [2.45, 2.75) is 0 Å². The molecule has 0 atom stereocenters. The molecule has 0 amide bonds. The van der Waals surface area contributed by atoms with Crippen molar-refractivity contribution in [3.63, 3.8) is 0 Å². The molecule has 0 aliphatic rings. The molecule has 78 valence electrons. The molecule has 1 heterocycles. The standard InChI is InChI=1S/C8H2BrF3N2O/c9-8-13-7(15-14-8)3-1-2-4(10)6(12)5(3)11/h1-2H. The lowest BCUT2D eigenvalue weighted by atomic mass is 10.2. The average Bonchev–Trinajstić information content (AvgIpc) is 2.61. The number of nitrogens with zero attached hydrogens (tertiary/aromatic N) is 2. The minimum atomic E-state index is -1.57. The molecule has 3 nitrogen and oxygen atoms in total. The Balaban J connectivity index is 2.59. The van der Waals surface area contributed by atoms with E-state index >= 15 is 0 Å². The topological polar surface area (TPSA) is 38.9 Å². The molecular weight excluding hydrogens is 277 g/mol. The van der Waals surface area contributed by atoms with Gasteiger partial charge in [0.25, 0.3) is 5.89 Å². The first-order valence-electron chi connectivity index (χ1n) is 3.72. The van der Waals surface area contributed by atoms with E-state index in [0.717, 1.165) is 12.1 Å². The van der Waals surface area contributed by atoms with Crippen LogP contribution in [0.25, 0.3) is 11.5 Å². The Hall–Kier alpha value is -1.37. The summed E-state index contributed by atoms with van der Waals surface area (Å²) in [5.74, 6) is -4.42. The summed E-state index contributed by atoms with van der Waals surface area (Å²) in [7, 11) is 0. The summed E-state index contributed by atoms with van der Waals surface area (Å²) in [5, 5.41) is 3.33. The summed E-state index contributed by atoms with van der Waals surface area (Å²) in [6, 6.07) is 1.81. The molecule has 7 heteroatoms. The van der Waals surface area contributed by atoms with Crippen LogP contribution in [0.4, 0.5) is 13.2 Å².